The van der Waals surface area contributed by atoms with Crippen LogP contribution in [0.4, 0.5) is 4.39 Å². The zero-order valence-electron chi connectivity index (χ0n) is 20.4. The Morgan fingerprint density at radius 1 is 1.25 bits per heavy atom. The van der Waals surface area contributed by atoms with Crippen LogP contribution >= 0.6 is 11.6 Å². The first-order valence-corrected chi connectivity index (χ1v) is 13.2. The molecule has 3 rings (SSSR count). The number of sulfonamides is 1. The number of esters is 1. The maximum Gasteiger partial charge on any atom is 0.321 e. The van der Waals surface area contributed by atoms with Gasteiger partial charge in [-0.1, -0.05) is 41.9 Å². The second-order valence-electron chi connectivity index (χ2n) is 8.53. The lowest BCUT2D eigenvalue weighted by molar-refractivity contribution is -0.140. The van der Waals surface area contributed by atoms with Crippen molar-refractivity contribution < 1.29 is 22.3 Å². The molecule has 1 N–H and O–H groups in total. The maximum absolute atomic E-state index is 14.2. The molecule has 0 saturated carbocycles. The molecule has 0 fully saturated rings. The summed E-state index contributed by atoms with van der Waals surface area (Å²) in [6.07, 6.45) is 1.31. The van der Waals surface area contributed by atoms with E-state index in [4.69, 9.17) is 11.6 Å². The molecule has 0 aliphatic heterocycles. The predicted molar refractivity (Wildman–Crippen MR) is 133 cm³/mol. The molecule has 1 atom stereocenters. The van der Waals surface area contributed by atoms with Crippen LogP contribution in [0.2, 0.25) is 5.02 Å². The number of ether oxygens (including phenoxy) is 1. The predicted octanol–water partition coefficient (Wildman–Crippen LogP) is 2.25. The molecule has 0 bridgehead atoms. The molecule has 0 spiro atoms. The minimum absolute atomic E-state index is 0.220. The van der Waals surface area contributed by atoms with Gasteiger partial charge in [0.05, 0.1) is 29.6 Å². The highest BCUT2D eigenvalue weighted by molar-refractivity contribution is 7.88. The fraction of sp³-hybridized carbons (Fsp3) is 0.391. The Kier molecular flexibility index (Phi) is 8.77. The van der Waals surface area contributed by atoms with Gasteiger partial charge < -0.3 is 10.1 Å². The van der Waals surface area contributed by atoms with Gasteiger partial charge in [-0.2, -0.15) is 8.99 Å². The standard InChI is InChI=1S/C23H28ClFN6O4S/c1-16-8-7-10-18(24)21(16)31-22(27-28-29-31)23(2,15-30(36(4,33)34)14-20(32)35-3)26-13-12-17-9-5-6-11-19(17)25/h5-11,26H,12-15H2,1-4H3. The summed E-state index contributed by atoms with van der Waals surface area (Å²) in [4.78, 5) is 12.0. The number of benzene rings is 2. The van der Waals surface area contributed by atoms with E-state index in [1.807, 2.05) is 13.0 Å². The largest absolute Gasteiger partial charge is 0.468 e. The molecule has 2 aromatic carbocycles. The van der Waals surface area contributed by atoms with E-state index in [0.29, 0.717) is 22.7 Å². The van der Waals surface area contributed by atoms with Gasteiger partial charge in [0.1, 0.15) is 12.4 Å². The number of nitrogens with zero attached hydrogens (tertiary/aromatic N) is 5. The molecule has 36 heavy (non-hydrogen) atoms. The Morgan fingerprint density at radius 3 is 2.61 bits per heavy atom. The molecule has 0 aliphatic rings. The molecule has 13 heteroatoms. The zero-order valence-corrected chi connectivity index (χ0v) is 22.0. The number of aromatic nitrogens is 4. The van der Waals surface area contributed by atoms with E-state index in [1.54, 1.807) is 37.3 Å². The van der Waals surface area contributed by atoms with Crippen molar-refractivity contribution >= 4 is 27.6 Å². The normalized spacial score (nSPS) is 13.5. The van der Waals surface area contributed by atoms with Crippen molar-refractivity contribution in [1.29, 1.82) is 0 Å². The van der Waals surface area contributed by atoms with E-state index in [2.05, 4.69) is 25.6 Å². The van der Waals surface area contributed by atoms with Crippen molar-refractivity contribution in [2.45, 2.75) is 25.8 Å². The van der Waals surface area contributed by atoms with E-state index in [-0.39, 0.29) is 24.7 Å². The second kappa shape index (κ2) is 11.4. The summed E-state index contributed by atoms with van der Waals surface area (Å²) < 4.78 is 46.5. The molecule has 194 valence electrons. The quantitative estimate of drug-likeness (QED) is 0.369. The van der Waals surface area contributed by atoms with Gasteiger partial charge in [0, 0.05) is 13.1 Å². The SMILES string of the molecule is COC(=O)CN(CC(C)(NCCc1ccccc1F)c1nnnn1-c1c(C)cccc1Cl)S(C)(=O)=O. The molecule has 0 aliphatic carbocycles. The Balaban J connectivity index is 2.04. The Bertz CT molecular complexity index is 1320. The lowest BCUT2D eigenvalue weighted by Gasteiger charge is -2.34. The van der Waals surface area contributed by atoms with Gasteiger partial charge in [-0.15, -0.1) is 5.10 Å². The van der Waals surface area contributed by atoms with E-state index >= 15 is 0 Å². The number of tetrazole rings is 1. The highest BCUT2D eigenvalue weighted by Gasteiger charge is 2.38. The number of para-hydroxylation sites is 1. The van der Waals surface area contributed by atoms with Crippen molar-refractivity contribution in [3.8, 4) is 5.69 Å². The fourth-order valence-electron chi connectivity index (χ4n) is 3.80. The highest BCUT2D eigenvalue weighted by atomic mass is 35.5. The van der Waals surface area contributed by atoms with Crippen LogP contribution < -0.4 is 5.32 Å². The third kappa shape index (κ3) is 6.44. The average Bonchev–Trinajstić information content (AvgIpc) is 3.29. The van der Waals surface area contributed by atoms with Gasteiger partial charge in [0.2, 0.25) is 10.0 Å². The number of carbonyl (C=O) groups is 1. The van der Waals surface area contributed by atoms with Gasteiger partial charge in [-0.25, -0.2) is 12.8 Å². The molecular weight excluding hydrogens is 511 g/mol. The van der Waals surface area contributed by atoms with Gasteiger partial charge in [-0.3, -0.25) is 4.79 Å². The van der Waals surface area contributed by atoms with Gasteiger partial charge >= 0.3 is 5.97 Å². The first-order valence-electron chi connectivity index (χ1n) is 11.0. The summed E-state index contributed by atoms with van der Waals surface area (Å²) in [6, 6.07) is 11.7. The van der Waals surface area contributed by atoms with Gasteiger partial charge in [0.25, 0.3) is 0 Å². The minimum Gasteiger partial charge on any atom is -0.468 e. The van der Waals surface area contributed by atoms with Crippen LogP contribution in [0.1, 0.15) is 23.9 Å². The highest BCUT2D eigenvalue weighted by Crippen LogP contribution is 2.29. The van der Waals surface area contributed by atoms with Crippen LogP contribution in [0, 0.1) is 12.7 Å². The molecule has 1 aromatic heterocycles. The second-order valence-corrected chi connectivity index (χ2v) is 10.9. The van der Waals surface area contributed by atoms with Crippen molar-refractivity contribution in [3.05, 3.63) is 70.3 Å². The Hall–Kier alpha value is -2.93. The van der Waals surface area contributed by atoms with Crippen molar-refractivity contribution in [3.63, 3.8) is 0 Å². The van der Waals surface area contributed by atoms with Gasteiger partial charge in [0.15, 0.2) is 5.82 Å². The monoisotopic (exact) mass is 538 g/mol. The topological polar surface area (TPSA) is 119 Å². The first kappa shape index (κ1) is 27.7. The van der Waals surface area contributed by atoms with Crippen LogP contribution in [0.15, 0.2) is 42.5 Å². The Labute approximate surface area is 214 Å². The third-order valence-electron chi connectivity index (χ3n) is 5.73. The number of nitrogens with one attached hydrogen (secondary N) is 1. The zero-order chi connectivity index (χ0) is 26.5. The summed E-state index contributed by atoms with van der Waals surface area (Å²) in [5, 5.41) is 15.8. The van der Waals surface area contributed by atoms with Crippen LogP contribution in [0.5, 0.6) is 0 Å². The Morgan fingerprint density at radius 2 is 1.97 bits per heavy atom. The number of aryl methyl sites for hydroxylation is 1. The number of halogens is 2. The van der Waals surface area contributed by atoms with E-state index in [1.165, 1.54) is 17.9 Å². The van der Waals surface area contributed by atoms with E-state index < -0.39 is 28.1 Å². The summed E-state index contributed by atoms with van der Waals surface area (Å²) in [6.45, 7) is 3.07. The summed E-state index contributed by atoms with van der Waals surface area (Å²) >= 11 is 6.46. The fourth-order valence-corrected chi connectivity index (χ4v) is 4.94. The number of methoxy groups -OCH3 is 1. The van der Waals surface area contributed by atoms with Crippen LogP contribution in [-0.2, 0) is 31.5 Å². The molecule has 10 nitrogen and oxygen atoms in total. The molecule has 0 saturated heterocycles. The molecule has 1 heterocycles. The smallest absolute Gasteiger partial charge is 0.321 e. The number of hydrogen-bond acceptors (Lipinski definition) is 8. The molecule has 0 radical (unpaired) electrons. The van der Waals surface area contributed by atoms with E-state index in [0.717, 1.165) is 16.1 Å². The van der Waals surface area contributed by atoms with E-state index in [9.17, 15) is 17.6 Å². The summed E-state index contributed by atoms with van der Waals surface area (Å²) in [5.41, 5.74) is 0.583. The summed E-state index contributed by atoms with van der Waals surface area (Å²) in [7, 11) is -2.67. The van der Waals surface area contributed by atoms with Crippen molar-refractivity contribution in [2.24, 2.45) is 0 Å². The van der Waals surface area contributed by atoms with Crippen LogP contribution in [0.25, 0.3) is 5.69 Å². The van der Waals surface area contributed by atoms with Crippen molar-refractivity contribution in [1.82, 2.24) is 29.8 Å². The lowest BCUT2D eigenvalue weighted by atomic mass is 9.99. The molecule has 1 unspecified atom stereocenters. The third-order valence-corrected chi connectivity index (χ3v) is 7.23. The number of carbonyl (C=O) groups excluding carboxylic acids is 1. The minimum atomic E-state index is -3.84. The van der Waals surface area contributed by atoms with Crippen LogP contribution in [-0.4, -0.2) is 71.9 Å². The first-order chi connectivity index (χ1) is 17.0. The molecular formula is C23H28ClFN6O4S. The summed E-state index contributed by atoms with van der Waals surface area (Å²) in [5.74, 6) is -0.817. The van der Waals surface area contributed by atoms with Gasteiger partial charge in [-0.05, 0) is 54.0 Å². The van der Waals surface area contributed by atoms with Crippen molar-refractivity contribution in [2.75, 3.05) is 33.0 Å². The maximum atomic E-state index is 14.2. The molecule has 0 amide bonds. The average molecular weight is 539 g/mol. The lowest BCUT2D eigenvalue weighted by Crippen LogP contribution is -2.53. The number of rotatable bonds is 11. The molecule has 3 aromatic rings. The van der Waals surface area contributed by atoms with Crippen LogP contribution in [0.3, 0.4) is 0 Å². The number of hydrogen-bond donors (Lipinski definition) is 1.